The number of imide groups is 1. The maximum atomic E-state index is 13.8. The van der Waals surface area contributed by atoms with Gasteiger partial charge in [-0.25, -0.2) is 0 Å². The Labute approximate surface area is 194 Å². The summed E-state index contributed by atoms with van der Waals surface area (Å²) in [5.74, 6) is -0.528. The second-order valence-electron chi connectivity index (χ2n) is 9.14. The number of methoxy groups -OCH3 is 1. The van der Waals surface area contributed by atoms with Crippen LogP contribution >= 0.6 is 11.6 Å². The lowest BCUT2D eigenvalue weighted by Crippen LogP contribution is -2.51. The van der Waals surface area contributed by atoms with Crippen LogP contribution in [0.1, 0.15) is 44.1 Å². The normalized spacial score (nSPS) is 25.2. The van der Waals surface area contributed by atoms with Crippen molar-refractivity contribution >= 4 is 29.3 Å². The first-order valence-electron chi connectivity index (χ1n) is 11.6. The monoisotopic (exact) mass is 461 g/mol. The lowest BCUT2D eigenvalue weighted by atomic mass is 9.75. The third-order valence-corrected chi connectivity index (χ3v) is 7.55. The van der Waals surface area contributed by atoms with Crippen LogP contribution < -0.4 is 0 Å². The number of hydrogen-bond acceptors (Lipinski definition) is 5. The van der Waals surface area contributed by atoms with Gasteiger partial charge in [-0.2, -0.15) is 0 Å². The molecular weight excluding hydrogens is 430 g/mol. The zero-order valence-electron chi connectivity index (χ0n) is 18.7. The van der Waals surface area contributed by atoms with E-state index < -0.39 is 5.41 Å². The zero-order valence-corrected chi connectivity index (χ0v) is 19.5. The minimum Gasteiger partial charge on any atom is -0.383 e. The Morgan fingerprint density at radius 2 is 1.81 bits per heavy atom. The third kappa shape index (κ3) is 4.43. The highest BCUT2D eigenvalue weighted by molar-refractivity contribution is 6.32. The number of amides is 3. The summed E-state index contributed by atoms with van der Waals surface area (Å²) in [4.78, 5) is 45.8. The molecule has 2 heterocycles. The average molecular weight is 462 g/mol. The second kappa shape index (κ2) is 9.89. The van der Waals surface area contributed by atoms with Gasteiger partial charge in [0.2, 0.25) is 17.7 Å². The SMILES string of the molecule is COCCN1CCN(C(=O)CC2(c3ccccc3Cl)CC(=O)N(C3CCCC3)C2=O)CC1. The molecule has 8 heteroatoms. The third-order valence-electron chi connectivity index (χ3n) is 7.22. The molecule has 7 nitrogen and oxygen atoms in total. The molecule has 3 amide bonds. The molecule has 3 fully saturated rings. The van der Waals surface area contributed by atoms with Gasteiger partial charge >= 0.3 is 0 Å². The van der Waals surface area contributed by atoms with Crippen molar-refractivity contribution in [3.63, 3.8) is 0 Å². The summed E-state index contributed by atoms with van der Waals surface area (Å²) in [5, 5.41) is 0.430. The minimum absolute atomic E-state index is 0.00557. The summed E-state index contributed by atoms with van der Waals surface area (Å²) in [6, 6.07) is 7.09. The molecule has 0 aromatic heterocycles. The molecule has 2 saturated heterocycles. The predicted molar refractivity (Wildman–Crippen MR) is 121 cm³/mol. The molecular formula is C24H32ClN3O4. The quantitative estimate of drug-likeness (QED) is 0.583. The van der Waals surface area contributed by atoms with Crippen LogP contribution in [0.15, 0.2) is 24.3 Å². The first kappa shape index (κ1) is 23.2. The van der Waals surface area contributed by atoms with Crippen molar-refractivity contribution in [2.75, 3.05) is 46.4 Å². The first-order valence-corrected chi connectivity index (χ1v) is 11.9. The topological polar surface area (TPSA) is 70.2 Å². The summed E-state index contributed by atoms with van der Waals surface area (Å²) >= 11 is 6.53. The van der Waals surface area contributed by atoms with Gasteiger partial charge in [0.15, 0.2) is 0 Å². The fourth-order valence-electron chi connectivity index (χ4n) is 5.40. The molecule has 0 N–H and O–H groups in total. The molecule has 174 valence electrons. The molecule has 1 aliphatic carbocycles. The van der Waals surface area contributed by atoms with Gasteiger partial charge in [-0.3, -0.25) is 24.2 Å². The Morgan fingerprint density at radius 3 is 2.47 bits per heavy atom. The summed E-state index contributed by atoms with van der Waals surface area (Å²) in [6.07, 6.45) is 3.70. The van der Waals surface area contributed by atoms with E-state index in [1.54, 1.807) is 25.3 Å². The largest absolute Gasteiger partial charge is 0.383 e. The number of ether oxygens (including phenoxy) is 1. The Bertz CT molecular complexity index is 865. The Morgan fingerprint density at radius 1 is 1.12 bits per heavy atom. The van der Waals surface area contributed by atoms with E-state index in [0.717, 1.165) is 45.3 Å². The lowest BCUT2D eigenvalue weighted by Gasteiger charge is -2.37. The van der Waals surface area contributed by atoms with E-state index in [4.69, 9.17) is 16.3 Å². The van der Waals surface area contributed by atoms with Gasteiger partial charge in [-0.1, -0.05) is 42.6 Å². The number of likely N-dealkylation sites (tertiary alicyclic amines) is 1. The molecule has 0 spiro atoms. The van der Waals surface area contributed by atoms with E-state index in [-0.39, 0.29) is 36.6 Å². The predicted octanol–water partition coefficient (Wildman–Crippen LogP) is 2.46. The summed E-state index contributed by atoms with van der Waals surface area (Å²) in [5.41, 5.74) is -0.630. The lowest BCUT2D eigenvalue weighted by molar-refractivity contribution is -0.145. The molecule has 2 aliphatic heterocycles. The highest BCUT2D eigenvalue weighted by Gasteiger charge is 2.56. The molecule has 1 unspecified atom stereocenters. The number of carbonyl (C=O) groups excluding carboxylic acids is 3. The van der Waals surface area contributed by atoms with Gasteiger partial charge in [0.05, 0.1) is 12.0 Å². The number of nitrogens with zero attached hydrogens (tertiary/aromatic N) is 3. The number of piperazine rings is 1. The van der Waals surface area contributed by atoms with E-state index >= 15 is 0 Å². The first-order chi connectivity index (χ1) is 15.5. The maximum absolute atomic E-state index is 13.8. The number of rotatable bonds is 7. The van der Waals surface area contributed by atoms with Gasteiger partial charge in [0, 0.05) is 63.7 Å². The summed E-state index contributed by atoms with van der Waals surface area (Å²) < 4.78 is 5.15. The molecule has 32 heavy (non-hydrogen) atoms. The number of halogens is 1. The van der Waals surface area contributed by atoms with Crippen molar-refractivity contribution in [3.8, 4) is 0 Å². The molecule has 1 atom stereocenters. The summed E-state index contributed by atoms with van der Waals surface area (Å²) in [7, 11) is 1.68. The van der Waals surface area contributed by atoms with Gasteiger partial charge in [0.25, 0.3) is 0 Å². The van der Waals surface area contributed by atoms with Crippen molar-refractivity contribution in [2.45, 2.75) is 50.0 Å². The van der Waals surface area contributed by atoms with Crippen molar-refractivity contribution in [2.24, 2.45) is 0 Å². The van der Waals surface area contributed by atoms with Crippen LogP contribution in [0.2, 0.25) is 5.02 Å². The Kier molecular flexibility index (Phi) is 7.17. The van der Waals surface area contributed by atoms with Gasteiger partial charge in [-0.05, 0) is 24.5 Å². The number of benzene rings is 1. The summed E-state index contributed by atoms with van der Waals surface area (Å²) in [6.45, 7) is 4.26. The van der Waals surface area contributed by atoms with Crippen molar-refractivity contribution in [1.82, 2.24) is 14.7 Å². The van der Waals surface area contributed by atoms with Crippen molar-refractivity contribution in [3.05, 3.63) is 34.9 Å². The Hall–Kier alpha value is -1.96. The number of hydrogen-bond donors (Lipinski definition) is 0. The van der Waals surface area contributed by atoms with Crippen molar-refractivity contribution < 1.29 is 19.1 Å². The second-order valence-corrected chi connectivity index (χ2v) is 9.55. The smallest absolute Gasteiger partial charge is 0.241 e. The highest BCUT2D eigenvalue weighted by Crippen LogP contribution is 2.45. The molecule has 1 aromatic rings. The fraction of sp³-hybridized carbons (Fsp3) is 0.625. The van der Waals surface area contributed by atoms with E-state index in [0.29, 0.717) is 30.3 Å². The van der Waals surface area contributed by atoms with Crippen molar-refractivity contribution in [1.29, 1.82) is 0 Å². The minimum atomic E-state index is -1.22. The standard InChI is InChI=1S/C24H32ClN3O4/c1-32-15-14-26-10-12-27(13-11-26)21(29)16-24(19-8-4-5-9-20(19)25)17-22(30)28(23(24)31)18-6-2-3-7-18/h4-5,8-9,18H,2-3,6-7,10-17H2,1H3. The average Bonchev–Trinajstić information content (AvgIpc) is 3.39. The van der Waals surface area contributed by atoms with E-state index in [1.807, 2.05) is 11.0 Å². The van der Waals surface area contributed by atoms with E-state index in [9.17, 15) is 14.4 Å². The van der Waals surface area contributed by atoms with Crippen LogP contribution in [-0.2, 0) is 24.5 Å². The molecule has 1 saturated carbocycles. The molecule has 4 rings (SSSR count). The van der Waals surface area contributed by atoms with Crippen LogP contribution in [0, 0.1) is 0 Å². The van der Waals surface area contributed by atoms with Crippen LogP contribution in [0.3, 0.4) is 0 Å². The maximum Gasteiger partial charge on any atom is 0.241 e. The Balaban J connectivity index is 1.56. The van der Waals surface area contributed by atoms with Gasteiger partial charge < -0.3 is 9.64 Å². The van der Waals surface area contributed by atoms with Crippen LogP contribution in [0.5, 0.6) is 0 Å². The zero-order chi connectivity index (χ0) is 22.7. The highest BCUT2D eigenvalue weighted by atomic mass is 35.5. The van der Waals surface area contributed by atoms with Crippen LogP contribution in [0.4, 0.5) is 0 Å². The molecule has 0 radical (unpaired) electrons. The van der Waals surface area contributed by atoms with E-state index in [2.05, 4.69) is 4.90 Å². The fourth-order valence-corrected chi connectivity index (χ4v) is 5.72. The number of carbonyl (C=O) groups is 3. The van der Waals surface area contributed by atoms with E-state index in [1.165, 1.54) is 4.90 Å². The molecule has 3 aliphatic rings. The molecule has 1 aromatic carbocycles. The van der Waals surface area contributed by atoms with Crippen LogP contribution in [-0.4, -0.2) is 84.9 Å². The van der Waals surface area contributed by atoms with Gasteiger partial charge in [0.1, 0.15) is 0 Å². The molecule has 0 bridgehead atoms. The van der Waals surface area contributed by atoms with Gasteiger partial charge in [-0.15, -0.1) is 0 Å². The van der Waals surface area contributed by atoms with Crippen LogP contribution in [0.25, 0.3) is 0 Å².